The van der Waals surface area contributed by atoms with Crippen LogP contribution < -0.4 is 5.56 Å². The number of nitrogens with one attached hydrogen (secondary N) is 1. The van der Waals surface area contributed by atoms with Gasteiger partial charge in [-0.05, 0) is 29.3 Å². The molecule has 0 atom stereocenters. The molecule has 0 aliphatic rings. The number of fused-ring (bicyclic) bond motifs is 1. The van der Waals surface area contributed by atoms with Gasteiger partial charge in [0.1, 0.15) is 5.69 Å². The predicted octanol–water partition coefficient (Wildman–Crippen LogP) is 4.28. The standard InChI is InChI=1S/C24H18N2O2/c27-23(16-22-24(28)26-21-14-8-7-13-20(21)25-22)19(18-11-5-2-6-12-18)15-17-9-3-1-4-10-17/h1-15H,16H2,(H,26,28)/b19-15+. The smallest absolute Gasteiger partial charge is 0.270 e. The minimum Gasteiger partial charge on any atom is -0.319 e. The largest absolute Gasteiger partial charge is 0.319 e. The number of aromatic nitrogens is 2. The number of ketones is 1. The summed E-state index contributed by atoms with van der Waals surface area (Å²) < 4.78 is 0. The number of allylic oxidation sites excluding steroid dienone is 1. The molecule has 0 fully saturated rings. The van der Waals surface area contributed by atoms with Gasteiger partial charge in [0.15, 0.2) is 5.78 Å². The molecule has 0 unspecified atom stereocenters. The molecule has 0 aliphatic heterocycles. The molecule has 4 rings (SSSR count). The lowest BCUT2D eigenvalue weighted by Gasteiger charge is -2.08. The van der Waals surface area contributed by atoms with Crippen LogP contribution in [0.4, 0.5) is 0 Å². The zero-order valence-corrected chi connectivity index (χ0v) is 15.1. The van der Waals surface area contributed by atoms with Crippen LogP contribution in [-0.2, 0) is 11.2 Å². The summed E-state index contributed by atoms with van der Waals surface area (Å²) in [5, 5.41) is 0. The molecule has 4 nitrogen and oxygen atoms in total. The van der Waals surface area contributed by atoms with Crippen molar-refractivity contribution in [3.63, 3.8) is 0 Å². The van der Waals surface area contributed by atoms with Gasteiger partial charge in [0.2, 0.25) is 0 Å². The Morgan fingerprint density at radius 2 is 1.50 bits per heavy atom. The fourth-order valence-corrected chi connectivity index (χ4v) is 3.09. The van der Waals surface area contributed by atoms with E-state index in [1.54, 1.807) is 6.07 Å². The highest BCUT2D eigenvalue weighted by molar-refractivity contribution is 6.25. The van der Waals surface area contributed by atoms with Crippen molar-refractivity contribution in [1.82, 2.24) is 9.97 Å². The van der Waals surface area contributed by atoms with Gasteiger partial charge in [0.25, 0.3) is 5.56 Å². The van der Waals surface area contributed by atoms with Crippen molar-refractivity contribution in [3.05, 3.63) is 112 Å². The Balaban J connectivity index is 1.73. The van der Waals surface area contributed by atoms with Gasteiger partial charge in [-0.1, -0.05) is 72.8 Å². The Hall–Kier alpha value is -3.79. The van der Waals surface area contributed by atoms with Crippen LogP contribution in [0, 0.1) is 0 Å². The number of carbonyl (C=O) groups excluding carboxylic acids is 1. The van der Waals surface area contributed by atoms with E-state index < -0.39 is 0 Å². The first-order valence-corrected chi connectivity index (χ1v) is 9.04. The lowest BCUT2D eigenvalue weighted by Crippen LogP contribution is -2.19. The van der Waals surface area contributed by atoms with Gasteiger partial charge >= 0.3 is 0 Å². The van der Waals surface area contributed by atoms with Crippen LogP contribution in [0.15, 0.2) is 89.7 Å². The normalized spacial score (nSPS) is 11.5. The van der Waals surface area contributed by atoms with E-state index >= 15 is 0 Å². The maximum Gasteiger partial charge on any atom is 0.270 e. The molecule has 0 saturated carbocycles. The summed E-state index contributed by atoms with van der Waals surface area (Å²) in [6.45, 7) is 0. The molecule has 0 aliphatic carbocycles. The van der Waals surface area contributed by atoms with E-state index in [0.29, 0.717) is 16.6 Å². The molecule has 0 amide bonds. The molecule has 0 spiro atoms. The lowest BCUT2D eigenvalue weighted by atomic mass is 9.96. The van der Waals surface area contributed by atoms with Crippen molar-refractivity contribution in [2.24, 2.45) is 0 Å². The quantitative estimate of drug-likeness (QED) is 0.424. The molecular weight excluding hydrogens is 348 g/mol. The first kappa shape index (κ1) is 17.6. The van der Waals surface area contributed by atoms with Crippen LogP contribution in [0.5, 0.6) is 0 Å². The van der Waals surface area contributed by atoms with Gasteiger partial charge in [0.05, 0.1) is 17.5 Å². The highest BCUT2D eigenvalue weighted by Crippen LogP contribution is 2.20. The summed E-state index contributed by atoms with van der Waals surface area (Å²) in [7, 11) is 0. The minimum absolute atomic E-state index is 0.0618. The van der Waals surface area contributed by atoms with E-state index in [2.05, 4.69) is 9.97 Å². The third-order valence-corrected chi connectivity index (χ3v) is 4.49. The van der Waals surface area contributed by atoms with Gasteiger partial charge in [0, 0.05) is 5.57 Å². The summed E-state index contributed by atoms with van der Waals surface area (Å²) >= 11 is 0. The van der Waals surface area contributed by atoms with E-state index in [1.807, 2.05) is 84.9 Å². The third-order valence-electron chi connectivity index (χ3n) is 4.49. The van der Waals surface area contributed by atoms with Crippen molar-refractivity contribution in [2.45, 2.75) is 6.42 Å². The number of hydrogen-bond donors (Lipinski definition) is 1. The Kier molecular flexibility index (Phi) is 4.93. The zero-order valence-electron chi connectivity index (χ0n) is 15.1. The minimum atomic E-state index is -0.334. The molecular formula is C24H18N2O2. The Bertz CT molecular complexity index is 1210. The number of Topliss-reactive ketones (excluding diaryl/α,β-unsaturated/α-hetero) is 1. The molecule has 0 radical (unpaired) electrons. The Morgan fingerprint density at radius 3 is 2.25 bits per heavy atom. The summed E-state index contributed by atoms with van der Waals surface area (Å²) in [5.74, 6) is -0.150. The molecule has 0 saturated heterocycles. The highest BCUT2D eigenvalue weighted by Gasteiger charge is 2.16. The topological polar surface area (TPSA) is 62.8 Å². The van der Waals surface area contributed by atoms with Gasteiger partial charge in [-0.25, -0.2) is 4.98 Å². The monoisotopic (exact) mass is 366 g/mol. The van der Waals surface area contributed by atoms with Crippen molar-refractivity contribution in [2.75, 3.05) is 0 Å². The van der Waals surface area contributed by atoms with Crippen molar-refractivity contribution >= 4 is 28.5 Å². The van der Waals surface area contributed by atoms with E-state index in [-0.39, 0.29) is 23.5 Å². The van der Waals surface area contributed by atoms with Crippen LogP contribution in [0.25, 0.3) is 22.7 Å². The average molecular weight is 366 g/mol. The molecule has 4 aromatic rings. The predicted molar refractivity (Wildman–Crippen MR) is 112 cm³/mol. The summed E-state index contributed by atoms with van der Waals surface area (Å²) in [6, 6.07) is 26.4. The molecule has 4 heteroatoms. The number of H-pyrrole nitrogens is 1. The second-order valence-electron chi connectivity index (χ2n) is 6.46. The zero-order chi connectivity index (χ0) is 19.3. The van der Waals surface area contributed by atoms with Crippen LogP contribution in [0.2, 0.25) is 0 Å². The SMILES string of the molecule is O=C(Cc1nc2ccccc2[nH]c1=O)/C(=C/c1ccccc1)c1ccccc1. The molecule has 0 bridgehead atoms. The molecule has 1 aromatic heterocycles. The van der Waals surface area contributed by atoms with Crippen LogP contribution >= 0.6 is 0 Å². The Labute approximate surface area is 162 Å². The number of hydrogen-bond acceptors (Lipinski definition) is 3. The van der Waals surface area contributed by atoms with E-state index in [9.17, 15) is 9.59 Å². The fourth-order valence-electron chi connectivity index (χ4n) is 3.09. The molecule has 28 heavy (non-hydrogen) atoms. The number of para-hydroxylation sites is 2. The second-order valence-corrected chi connectivity index (χ2v) is 6.46. The van der Waals surface area contributed by atoms with Crippen LogP contribution in [0.1, 0.15) is 16.8 Å². The van der Waals surface area contributed by atoms with Gasteiger partial charge in [-0.3, -0.25) is 9.59 Å². The van der Waals surface area contributed by atoms with Crippen molar-refractivity contribution < 1.29 is 4.79 Å². The van der Waals surface area contributed by atoms with Crippen molar-refractivity contribution in [1.29, 1.82) is 0 Å². The number of nitrogens with zero attached hydrogens (tertiary/aromatic N) is 1. The lowest BCUT2D eigenvalue weighted by molar-refractivity contribution is -0.113. The average Bonchev–Trinajstić information content (AvgIpc) is 2.74. The molecule has 1 N–H and O–H groups in total. The molecule has 1 heterocycles. The maximum absolute atomic E-state index is 13.1. The fraction of sp³-hybridized carbons (Fsp3) is 0.0417. The number of benzene rings is 3. The maximum atomic E-state index is 13.1. The first-order chi connectivity index (χ1) is 13.7. The molecule has 136 valence electrons. The molecule has 3 aromatic carbocycles. The number of aromatic amines is 1. The number of rotatable bonds is 5. The van der Waals surface area contributed by atoms with E-state index in [4.69, 9.17) is 0 Å². The van der Waals surface area contributed by atoms with E-state index in [0.717, 1.165) is 11.1 Å². The summed E-state index contributed by atoms with van der Waals surface area (Å²) in [5.41, 5.74) is 3.51. The van der Waals surface area contributed by atoms with E-state index in [1.165, 1.54) is 0 Å². The third kappa shape index (κ3) is 3.81. The van der Waals surface area contributed by atoms with Crippen LogP contribution in [0.3, 0.4) is 0 Å². The van der Waals surface area contributed by atoms with Crippen molar-refractivity contribution in [3.8, 4) is 0 Å². The second kappa shape index (κ2) is 7.84. The van der Waals surface area contributed by atoms with Gasteiger partial charge in [-0.15, -0.1) is 0 Å². The summed E-state index contributed by atoms with van der Waals surface area (Å²) in [6.07, 6.45) is 1.79. The highest BCUT2D eigenvalue weighted by atomic mass is 16.1. The summed E-state index contributed by atoms with van der Waals surface area (Å²) in [4.78, 5) is 32.7. The first-order valence-electron chi connectivity index (χ1n) is 9.04. The van der Waals surface area contributed by atoms with Gasteiger partial charge in [-0.2, -0.15) is 0 Å². The van der Waals surface area contributed by atoms with Gasteiger partial charge < -0.3 is 4.98 Å². The number of carbonyl (C=O) groups is 1. The van der Waals surface area contributed by atoms with Crippen LogP contribution in [-0.4, -0.2) is 15.8 Å². The Morgan fingerprint density at radius 1 is 0.857 bits per heavy atom.